The van der Waals surface area contributed by atoms with Crippen LogP contribution in [0.3, 0.4) is 0 Å². The number of carboxylic acid groups (broad SMARTS) is 1. The Labute approximate surface area is 350 Å². The van der Waals surface area contributed by atoms with E-state index >= 15 is 0 Å². The standard InChI is InChI=1S/C39H60O22/c40-17-4-1-15(2-5-17)3-6-28(46)55-13-25-31(49)34(52)36(54)39(61-25)59-24-11-19-22(57-37(24)16-7-20(42)30(48)21(43)8-16)9-18(41)10-23(19)58-38-35(53)33(51)32(50)26(60-38)14-56-29(47)12-27(44)45/h3,6,15-26,30-43,48-54H,1-2,4-5,7-14H2,(H,44,45)/p+1/t15?,16?,17?,18?,19?,20?,21?,22?,23?,24?,25-,26-,30?,31-,32-,33-,34-,35-,36-,37?,38-,39-/m1/s1. The summed E-state index contributed by atoms with van der Waals surface area (Å²) in [6, 6.07) is 0. The van der Waals surface area contributed by atoms with Crippen LogP contribution in [0.15, 0.2) is 12.2 Å². The summed E-state index contributed by atoms with van der Waals surface area (Å²) in [5, 5.41) is 126. The molecule has 6 aliphatic rings. The van der Waals surface area contributed by atoms with Crippen molar-refractivity contribution in [3.8, 4) is 0 Å². The van der Waals surface area contributed by atoms with Crippen LogP contribution in [0.5, 0.6) is 0 Å². The highest BCUT2D eigenvalue weighted by atomic mass is 16.7. The lowest BCUT2D eigenvalue weighted by Gasteiger charge is -2.50. The molecule has 0 radical (unpaired) electrons. The highest BCUT2D eigenvalue weighted by Gasteiger charge is 2.57. The molecule has 13 N–H and O–H groups in total. The van der Waals surface area contributed by atoms with Gasteiger partial charge in [-0.3, -0.25) is 9.59 Å². The summed E-state index contributed by atoms with van der Waals surface area (Å²) in [6.45, 7) is -1.25. The van der Waals surface area contributed by atoms with Crippen molar-refractivity contribution >= 4 is 17.9 Å². The predicted octanol–water partition coefficient (Wildman–Crippen LogP) is -5.03. The number of carbonyl (C=O) groups is 3. The van der Waals surface area contributed by atoms with E-state index in [0.717, 1.165) is 0 Å². The van der Waals surface area contributed by atoms with E-state index in [9.17, 15) is 70.6 Å². The molecule has 3 heterocycles. The molecule has 3 saturated heterocycles. The molecule has 0 aromatic heterocycles. The topological polar surface area (TPSA) is 362 Å². The molecule has 8 unspecified atom stereocenters. The van der Waals surface area contributed by atoms with Crippen LogP contribution >= 0.6 is 0 Å². The molecule has 18 atom stereocenters. The van der Waals surface area contributed by atoms with Crippen molar-refractivity contribution in [3.63, 3.8) is 0 Å². The van der Waals surface area contributed by atoms with Crippen molar-refractivity contribution in [2.24, 2.45) is 17.8 Å². The first-order valence-corrected chi connectivity index (χ1v) is 20.9. The van der Waals surface area contributed by atoms with E-state index in [2.05, 4.69) is 0 Å². The zero-order chi connectivity index (χ0) is 44.3. The minimum absolute atomic E-state index is 0.0135. The molecular weight excluding hydrogens is 820 g/mol. The first-order chi connectivity index (χ1) is 28.9. The first-order valence-electron chi connectivity index (χ1n) is 20.9. The SMILES string of the molecule is O=C(O)CC(=O)OC[C@H]1O[C@@H](OC2CC(O)CC3[OH+]C(C4CC(O)C(O)C(O)C4)C(O[C@@H]4O[C@H](COC(=O)C=CC5CCC(O)CC5)[C@@H](O)[C@@H](O)[C@H]4O)CC23)[C@H](O)[C@H](O)[C@@H]1O. The van der Waals surface area contributed by atoms with Gasteiger partial charge in [-0.2, -0.15) is 0 Å². The molecule has 6 rings (SSSR count). The third kappa shape index (κ3) is 11.8. The number of aliphatic carboxylic acids is 1. The quantitative estimate of drug-likeness (QED) is 0.0356. The van der Waals surface area contributed by atoms with E-state index in [4.69, 9.17) is 38.3 Å². The number of carboxylic acids is 1. The van der Waals surface area contributed by atoms with Gasteiger partial charge in [0.2, 0.25) is 0 Å². The molecule has 22 nitrogen and oxygen atoms in total. The van der Waals surface area contributed by atoms with E-state index in [1.54, 1.807) is 6.08 Å². The van der Waals surface area contributed by atoms with Crippen molar-refractivity contribution in [3.05, 3.63) is 12.2 Å². The van der Waals surface area contributed by atoms with Crippen LogP contribution < -0.4 is 0 Å². The summed E-state index contributed by atoms with van der Waals surface area (Å²) >= 11 is 0. The summed E-state index contributed by atoms with van der Waals surface area (Å²) in [5.74, 6) is -4.58. The second-order valence-electron chi connectivity index (χ2n) is 17.3. The number of carbonyl (C=O) groups excluding carboxylic acids is 2. The van der Waals surface area contributed by atoms with Crippen LogP contribution in [0.25, 0.3) is 0 Å². The Morgan fingerprint density at radius 1 is 0.607 bits per heavy atom. The van der Waals surface area contributed by atoms with E-state index in [-0.39, 0.29) is 44.1 Å². The zero-order valence-corrected chi connectivity index (χ0v) is 33.3. The number of allylic oxidation sites excluding steroid dienone is 1. The van der Waals surface area contributed by atoms with Crippen LogP contribution in [0, 0.1) is 17.8 Å². The zero-order valence-electron chi connectivity index (χ0n) is 33.3. The second-order valence-corrected chi connectivity index (χ2v) is 17.3. The predicted molar refractivity (Wildman–Crippen MR) is 198 cm³/mol. The molecule has 3 saturated carbocycles. The Balaban J connectivity index is 1.17. The normalized spacial score (nSPS) is 47.0. The Morgan fingerprint density at radius 2 is 1.16 bits per heavy atom. The Hall–Kier alpha value is -2.49. The fourth-order valence-electron chi connectivity index (χ4n) is 9.44. The van der Waals surface area contributed by atoms with Gasteiger partial charge >= 0.3 is 17.9 Å². The van der Waals surface area contributed by atoms with Gasteiger partial charge in [0, 0.05) is 24.8 Å². The second kappa shape index (κ2) is 21.0. The smallest absolute Gasteiger partial charge is 0.330 e. The Kier molecular flexibility index (Phi) is 16.5. The third-order valence-corrected chi connectivity index (χ3v) is 12.9. The molecule has 6 fully saturated rings. The molecule has 0 bridgehead atoms. The molecule has 22 heteroatoms. The molecule has 0 amide bonds. The van der Waals surface area contributed by atoms with Crippen LogP contribution in [-0.4, -0.2) is 213 Å². The van der Waals surface area contributed by atoms with Crippen LogP contribution in [-0.2, 0) is 42.8 Å². The van der Waals surface area contributed by atoms with Gasteiger partial charge in [0.05, 0.1) is 36.4 Å². The number of fused-ring (bicyclic) bond motifs is 1. The molecule has 0 aromatic carbocycles. The van der Waals surface area contributed by atoms with E-state index < -0.39 is 160 Å². The van der Waals surface area contributed by atoms with Gasteiger partial charge in [-0.1, -0.05) is 6.08 Å². The fraction of sp³-hybridized carbons (Fsp3) is 0.872. The minimum atomic E-state index is -1.87. The maximum Gasteiger partial charge on any atom is 0.330 e. The number of aliphatic hydroxyl groups excluding tert-OH is 11. The van der Waals surface area contributed by atoms with Gasteiger partial charge in [0.25, 0.3) is 0 Å². The maximum absolute atomic E-state index is 12.6. The van der Waals surface area contributed by atoms with E-state index in [0.29, 0.717) is 25.7 Å². The van der Waals surface area contributed by atoms with Crippen LogP contribution in [0.4, 0.5) is 0 Å². The number of aliphatic hydroxyl groups is 13. The molecular formula is C39H61O22+. The summed E-state index contributed by atoms with van der Waals surface area (Å²) in [5.41, 5.74) is 0. The van der Waals surface area contributed by atoms with Gasteiger partial charge in [0.1, 0.15) is 80.7 Å². The molecule has 0 spiro atoms. The molecule has 3 aliphatic heterocycles. The van der Waals surface area contributed by atoms with Crippen molar-refractivity contribution in [2.45, 2.75) is 181 Å². The van der Waals surface area contributed by atoms with Crippen molar-refractivity contribution < 1.29 is 109 Å². The van der Waals surface area contributed by atoms with Gasteiger partial charge in [-0.25, -0.2) is 4.79 Å². The lowest BCUT2D eigenvalue weighted by atomic mass is 9.72. The Morgan fingerprint density at radius 3 is 1.74 bits per heavy atom. The van der Waals surface area contributed by atoms with E-state index in [1.807, 2.05) is 0 Å². The summed E-state index contributed by atoms with van der Waals surface area (Å²) in [4.78, 5) is 35.4. The van der Waals surface area contributed by atoms with Crippen LogP contribution in [0.2, 0.25) is 0 Å². The number of ether oxygens (including phenoxy) is 7. The van der Waals surface area contributed by atoms with Crippen molar-refractivity contribution in [1.29, 1.82) is 0 Å². The summed E-state index contributed by atoms with van der Waals surface area (Å²) < 4.78 is 39.3. The molecule has 61 heavy (non-hydrogen) atoms. The monoisotopic (exact) mass is 881 g/mol. The number of esters is 2. The number of rotatable bonds is 13. The summed E-state index contributed by atoms with van der Waals surface area (Å²) in [7, 11) is 0. The largest absolute Gasteiger partial charge is 0.481 e. The average molecular weight is 882 g/mol. The van der Waals surface area contributed by atoms with Gasteiger partial charge in [-0.15, -0.1) is 0 Å². The van der Waals surface area contributed by atoms with Gasteiger partial charge < -0.3 is 94.4 Å². The lowest BCUT2D eigenvalue weighted by molar-refractivity contribution is -0.368. The average Bonchev–Trinajstić information content (AvgIpc) is 3.21. The summed E-state index contributed by atoms with van der Waals surface area (Å²) in [6.07, 6.45) is -21.7. The van der Waals surface area contributed by atoms with Gasteiger partial charge in [0.15, 0.2) is 24.8 Å². The number of hydrogen-bond acceptors (Lipinski definition) is 20. The lowest BCUT2D eigenvalue weighted by Crippen LogP contribution is -2.64. The maximum atomic E-state index is 12.6. The number of hydrogen-bond donors (Lipinski definition) is 12. The van der Waals surface area contributed by atoms with E-state index in [1.165, 1.54) is 6.08 Å². The fourth-order valence-corrected chi connectivity index (χ4v) is 9.44. The van der Waals surface area contributed by atoms with Crippen molar-refractivity contribution in [1.82, 2.24) is 0 Å². The Bertz CT molecular complexity index is 1480. The molecule has 3 aliphatic carbocycles. The highest BCUT2D eigenvalue weighted by Crippen LogP contribution is 2.44. The first kappa shape index (κ1) is 48.0. The van der Waals surface area contributed by atoms with Gasteiger partial charge in [-0.05, 0) is 50.9 Å². The molecule has 348 valence electrons. The minimum Gasteiger partial charge on any atom is -0.481 e. The van der Waals surface area contributed by atoms with Crippen LogP contribution in [0.1, 0.15) is 64.2 Å². The third-order valence-electron chi connectivity index (χ3n) is 12.9. The highest BCUT2D eigenvalue weighted by molar-refractivity contribution is 5.90. The molecule has 0 aromatic rings. The van der Waals surface area contributed by atoms with Crippen molar-refractivity contribution in [2.75, 3.05) is 13.2 Å².